The summed E-state index contributed by atoms with van der Waals surface area (Å²) in [6.45, 7) is 0.548. The van der Waals surface area contributed by atoms with Crippen molar-refractivity contribution in [2.45, 2.75) is 17.2 Å². The summed E-state index contributed by atoms with van der Waals surface area (Å²) in [7, 11) is 0. The lowest BCUT2D eigenvalue weighted by atomic mass is 10.2. The van der Waals surface area contributed by atoms with Crippen molar-refractivity contribution in [2.24, 2.45) is 5.73 Å². The molecule has 0 unspecified atom stereocenters. The van der Waals surface area contributed by atoms with Gasteiger partial charge in [-0.25, -0.2) is 0 Å². The number of nitriles is 1. The maximum atomic E-state index is 8.79. The highest BCUT2D eigenvalue weighted by Crippen LogP contribution is 2.27. The molecule has 0 aliphatic carbocycles. The Morgan fingerprint density at radius 2 is 2.05 bits per heavy atom. The van der Waals surface area contributed by atoms with Gasteiger partial charge in [0.25, 0.3) is 0 Å². The standard InChI is InChI=1S/C15H13ClN2S/c16-15-7-12(9-18)4-5-13(15)10-19-14-3-1-2-11(6-14)8-17/h1-7H,8,10,17H2. The van der Waals surface area contributed by atoms with Gasteiger partial charge in [-0.1, -0.05) is 29.8 Å². The SMILES string of the molecule is N#Cc1ccc(CSc2cccc(CN)c2)c(Cl)c1. The van der Waals surface area contributed by atoms with Crippen molar-refractivity contribution in [3.8, 4) is 6.07 Å². The second kappa shape index (κ2) is 6.63. The first-order valence-corrected chi connectivity index (χ1v) is 7.19. The number of nitrogens with two attached hydrogens (primary N) is 1. The zero-order valence-corrected chi connectivity index (χ0v) is 11.8. The van der Waals surface area contributed by atoms with Crippen molar-refractivity contribution < 1.29 is 0 Å². The molecule has 0 radical (unpaired) electrons. The van der Waals surface area contributed by atoms with Crippen LogP contribution in [0.2, 0.25) is 5.02 Å². The van der Waals surface area contributed by atoms with Crippen molar-refractivity contribution in [1.29, 1.82) is 5.26 Å². The van der Waals surface area contributed by atoms with Crippen LogP contribution in [0.1, 0.15) is 16.7 Å². The molecule has 2 aromatic rings. The Labute approximate surface area is 122 Å². The first-order chi connectivity index (χ1) is 9.22. The van der Waals surface area contributed by atoms with Crippen molar-refractivity contribution in [3.05, 3.63) is 64.2 Å². The van der Waals surface area contributed by atoms with Gasteiger partial charge in [0.15, 0.2) is 0 Å². The van der Waals surface area contributed by atoms with Gasteiger partial charge in [0, 0.05) is 22.2 Å². The van der Waals surface area contributed by atoms with E-state index >= 15 is 0 Å². The van der Waals surface area contributed by atoms with Gasteiger partial charge in [-0.3, -0.25) is 0 Å². The fourth-order valence-corrected chi connectivity index (χ4v) is 2.97. The van der Waals surface area contributed by atoms with Crippen LogP contribution in [-0.4, -0.2) is 0 Å². The third kappa shape index (κ3) is 3.74. The normalized spacial score (nSPS) is 10.2. The van der Waals surface area contributed by atoms with Crippen LogP contribution in [0.5, 0.6) is 0 Å². The van der Waals surface area contributed by atoms with E-state index in [1.807, 2.05) is 18.2 Å². The summed E-state index contributed by atoms with van der Waals surface area (Å²) >= 11 is 7.86. The van der Waals surface area contributed by atoms with Crippen molar-refractivity contribution in [3.63, 3.8) is 0 Å². The van der Waals surface area contributed by atoms with Crippen LogP contribution >= 0.6 is 23.4 Å². The van der Waals surface area contributed by atoms with Crippen LogP contribution in [0.4, 0.5) is 0 Å². The van der Waals surface area contributed by atoms with Gasteiger partial charge in [0.05, 0.1) is 11.6 Å². The predicted octanol–water partition coefficient (Wildman–Crippen LogP) is 3.96. The number of thioether (sulfide) groups is 1. The molecule has 2 rings (SSSR count). The van der Waals surface area contributed by atoms with Gasteiger partial charge in [-0.15, -0.1) is 11.8 Å². The minimum atomic E-state index is 0.548. The molecule has 0 saturated carbocycles. The van der Waals surface area contributed by atoms with Crippen LogP contribution in [0.15, 0.2) is 47.4 Å². The van der Waals surface area contributed by atoms with E-state index in [2.05, 4.69) is 18.2 Å². The zero-order chi connectivity index (χ0) is 13.7. The van der Waals surface area contributed by atoms with E-state index in [0.717, 1.165) is 16.9 Å². The molecule has 2 nitrogen and oxygen atoms in total. The zero-order valence-electron chi connectivity index (χ0n) is 10.3. The Hall–Kier alpha value is -1.47. The van der Waals surface area contributed by atoms with Gasteiger partial charge in [0.2, 0.25) is 0 Å². The molecule has 0 heterocycles. The molecule has 0 bridgehead atoms. The van der Waals surface area contributed by atoms with Crippen LogP contribution < -0.4 is 5.73 Å². The summed E-state index contributed by atoms with van der Waals surface area (Å²) in [4.78, 5) is 1.17. The smallest absolute Gasteiger partial charge is 0.0992 e. The average molecular weight is 289 g/mol. The second-order valence-electron chi connectivity index (χ2n) is 4.06. The average Bonchev–Trinajstić information content (AvgIpc) is 2.46. The first-order valence-electron chi connectivity index (χ1n) is 5.83. The van der Waals surface area contributed by atoms with Crippen LogP contribution in [0, 0.1) is 11.3 Å². The van der Waals surface area contributed by atoms with E-state index in [4.69, 9.17) is 22.6 Å². The molecular weight excluding hydrogens is 276 g/mol. The Morgan fingerprint density at radius 1 is 1.21 bits per heavy atom. The van der Waals surface area contributed by atoms with E-state index in [1.165, 1.54) is 4.90 Å². The van der Waals surface area contributed by atoms with Crippen molar-refractivity contribution >= 4 is 23.4 Å². The quantitative estimate of drug-likeness (QED) is 0.866. The summed E-state index contributed by atoms with van der Waals surface area (Å²) in [6.07, 6.45) is 0. The van der Waals surface area contributed by atoms with E-state index < -0.39 is 0 Å². The van der Waals surface area contributed by atoms with E-state index in [9.17, 15) is 0 Å². The Bertz CT molecular complexity index is 620. The number of hydrogen-bond donors (Lipinski definition) is 1. The highest BCUT2D eigenvalue weighted by molar-refractivity contribution is 7.98. The van der Waals surface area contributed by atoms with Gasteiger partial charge >= 0.3 is 0 Å². The molecule has 0 spiro atoms. The van der Waals surface area contributed by atoms with Gasteiger partial charge in [-0.2, -0.15) is 5.26 Å². The van der Waals surface area contributed by atoms with Crippen molar-refractivity contribution in [1.82, 2.24) is 0 Å². The number of rotatable bonds is 4. The molecule has 19 heavy (non-hydrogen) atoms. The fraction of sp³-hybridized carbons (Fsp3) is 0.133. The summed E-state index contributed by atoms with van der Waals surface area (Å²) in [5, 5.41) is 9.43. The number of halogens is 1. The van der Waals surface area contributed by atoms with Crippen LogP contribution in [0.3, 0.4) is 0 Å². The summed E-state index contributed by atoms with van der Waals surface area (Å²) in [5.41, 5.74) is 8.36. The third-order valence-electron chi connectivity index (χ3n) is 2.71. The topological polar surface area (TPSA) is 49.8 Å². The summed E-state index contributed by atoms with van der Waals surface area (Å²) < 4.78 is 0. The summed E-state index contributed by atoms with van der Waals surface area (Å²) in [5.74, 6) is 0.776. The molecule has 2 N–H and O–H groups in total. The molecule has 0 saturated heterocycles. The number of hydrogen-bond acceptors (Lipinski definition) is 3. The maximum Gasteiger partial charge on any atom is 0.0992 e. The van der Waals surface area contributed by atoms with E-state index in [0.29, 0.717) is 17.1 Å². The third-order valence-corrected chi connectivity index (χ3v) is 4.11. The molecule has 0 fully saturated rings. The molecule has 0 aromatic heterocycles. The monoisotopic (exact) mass is 288 g/mol. The molecule has 96 valence electrons. The maximum absolute atomic E-state index is 8.79. The molecule has 4 heteroatoms. The first kappa shape index (κ1) is 14.0. The van der Waals surface area contributed by atoms with E-state index in [-0.39, 0.29) is 0 Å². The van der Waals surface area contributed by atoms with Gasteiger partial charge in [-0.05, 0) is 35.4 Å². The minimum absolute atomic E-state index is 0.548. The molecule has 0 amide bonds. The van der Waals surface area contributed by atoms with Crippen LogP contribution in [0.25, 0.3) is 0 Å². The molecule has 0 aliphatic rings. The van der Waals surface area contributed by atoms with E-state index in [1.54, 1.807) is 23.9 Å². The highest BCUT2D eigenvalue weighted by atomic mass is 35.5. The molecule has 2 aromatic carbocycles. The number of benzene rings is 2. The van der Waals surface area contributed by atoms with Crippen LogP contribution in [-0.2, 0) is 12.3 Å². The molecule has 0 atom stereocenters. The lowest BCUT2D eigenvalue weighted by molar-refractivity contribution is 1.06. The molecule has 0 aliphatic heterocycles. The Kier molecular flexibility index (Phi) is 4.86. The van der Waals surface area contributed by atoms with Gasteiger partial charge in [0.1, 0.15) is 0 Å². The number of nitrogens with zero attached hydrogens (tertiary/aromatic N) is 1. The predicted molar refractivity (Wildman–Crippen MR) is 80.1 cm³/mol. The minimum Gasteiger partial charge on any atom is -0.326 e. The molecular formula is C15H13ClN2S. The second-order valence-corrected chi connectivity index (χ2v) is 5.51. The highest BCUT2D eigenvalue weighted by Gasteiger charge is 2.03. The Morgan fingerprint density at radius 3 is 2.74 bits per heavy atom. The van der Waals surface area contributed by atoms with Crippen molar-refractivity contribution in [2.75, 3.05) is 0 Å². The lowest BCUT2D eigenvalue weighted by Gasteiger charge is -2.06. The summed E-state index contributed by atoms with van der Waals surface area (Å²) in [6, 6.07) is 15.6. The van der Waals surface area contributed by atoms with Gasteiger partial charge < -0.3 is 5.73 Å². The largest absolute Gasteiger partial charge is 0.326 e. The fourth-order valence-electron chi connectivity index (χ4n) is 1.66. The lowest BCUT2D eigenvalue weighted by Crippen LogP contribution is -1.95. The Balaban J connectivity index is 2.08.